The average Bonchev–Trinajstić information content (AvgIpc) is 3.24. The van der Waals surface area contributed by atoms with Gasteiger partial charge in [-0.3, -0.25) is 10.2 Å². The fraction of sp³-hybridized carbons (Fsp3) is 0.316. The first-order chi connectivity index (χ1) is 13.6. The van der Waals surface area contributed by atoms with Gasteiger partial charge in [0.15, 0.2) is 0 Å². The predicted molar refractivity (Wildman–Crippen MR) is 108 cm³/mol. The number of hydrogen-bond donors (Lipinski definition) is 2. The van der Waals surface area contributed by atoms with Gasteiger partial charge in [0.05, 0.1) is 9.79 Å². The maximum absolute atomic E-state index is 12.7. The van der Waals surface area contributed by atoms with E-state index in [0.717, 1.165) is 18.4 Å². The van der Waals surface area contributed by atoms with Gasteiger partial charge in [0.1, 0.15) is 0 Å². The Morgan fingerprint density at radius 3 is 2.34 bits per heavy atom. The van der Waals surface area contributed by atoms with E-state index in [4.69, 9.17) is 0 Å². The maximum Gasteiger partial charge on any atom is 0.266 e. The van der Waals surface area contributed by atoms with Crippen LogP contribution in [0.2, 0.25) is 0 Å². The van der Waals surface area contributed by atoms with Crippen molar-refractivity contribution >= 4 is 26.0 Å². The monoisotopic (exact) mass is 437 g/mol. The number of carbonyl (C=O) groups excluding carboxylic acids is 1. The molecule has 0 aromatic heterocycles. The third-order valence-corrected chi connectivity index (χ3v) is 8.02. The van der Waals surface area contributed by atoms with Crippen LogP contribution in [0.5, 0.6) is 0 Å². The summed E-state index contributed by atoms with van der Waals surface area (Å²) in [5.41, 5.74) is 3.49. The zero-order valence-electron chi connectivity index (χ0n) is 16.2. The van der Waals surface area contributed by atoms with Crippen LogP contribution in [0.3, 0.4) is 0 Å². The first-order valence-corrected chi connectivity index (χ1v) is 12.0. The van der Waals surface area contributed by atoms with Crippen LogP contribution in [0.15, 0.2) is 52.3 Å². The van der Waals surface area contributed by atoms with Gasteiger partial charge in [0.25, 0.3) is 15.9 Å². The molecule has 2 N–H and O–H groups in total. The highest BCUT2D eigenvalue weighted by atomic mass is 32.2. The molecule has 0 saturated carbocycles. The molecule has 0 spiro atoms. The van der Waals surface area contributed by atoms with Crippen LogP contribution in [0, 0.1) is 13.8 Å². The van der Waals surface area contributed by atoms with Crippen molar-refractivity contribution in [1.29, 1.82) is 0 Å². The van der Waals surface area contributed by atoms with E-state index < -0.39 is 26.0 Å². The number of amides is 1. The van der Waals surface area contributed by atoms with Crippen LogP contribution in [0.25, 0.3) is 0 Å². The molecular formula is C19H23N3O5S2. The Hall–Kier alpha value is -2.27. The lowest BCUT2D eigenvalue weighted by atomic mass is 10.2. The number of nitrogens with zero attached hydrogens (tertiary/aromatic N) is 1. The number of hydrazine groups is 1. The van der Waals surface area contributed by atoms with Crippen molar-refractivity contribution in [3.05, 3.63) is 59.2 Å². The van der Waals surface area contributed by atoms with E-state index in [-0.39, 0.29) is 15.4 Å². The van der Waals surface area contributed by atoms with E-state index in [0.29, 0.717) is 18.7 Å². The number of hydrogen-bond acceptors (Lipinski definition) is 5. The summed E-state index contributed by atoms with van der Waals surface area (Å²) in [6.07, 6.45) is 1.61. The Labute approximate surface area is 171 Å². The first kappa shape index (κ1) is 21.4. The van der Waals surface area contributed by atoms with Crippen molar-refractivity contribution in [2.75, 3.05) is 13.1 Å². The lowest BCUT2D eigenvalue weighted by Crippen LogP contribution is -2.41. The molecule has 8 nitrogen and oxygen atoms in total. The van der Waals surface area contributed by atoms with Gasteiger partial charge in [-0.1, -0.05) is 18.2 Å². The summed E-state index contributed by atoms with van der Waals surface area (Å²) in [5, 5.41) is 0. The van der Waals surface area contributed by atoms with Crippen molar-refractivity contribution in [2.45, 2.75) is 36.5 Å². The summed E-state index contributed by atoms with van der Waals surface area (Å²) in [4.78, 5) is 14.6. The second-order valence-electron chi connectivity index (χ2n) is 6.97. The molecule has 1 saturated heterocycles. The van der Waals surface area contributed by atoms with Crippen molar-refractivity contribution in [3.63, 3.8) is 0 Å². The minimum absolute atomic E-state index is 0.00411. The van der Waals surface area contributed by atoms with E-state index in [2.05, 4.69) is 10.3 Å². The maximum atomic E-state index is 12.7. The predicted octanol–water partition coefficient (Wildman–Crippen LogP) is 1.71. The average molecular weight is 438 g/mol. The van der Waals surface area contributed by atoms with E-state index in [9.17, 15) is 21.6 Å². The zero-order valence-corrected chi connectivity index (χ0v) is 17.8. The third kappa shape index (κ3) is 4.67. The Morgan fingerprint density at radius 2 is 1.66 bits per heavy atom. The smallest absolute Gasteiger partial charge is 0.266 e. The SMILES string of the molecule is Cc1ccc(C)c(S(=O)(=O)NNC(=O)c2cccc(S(=O)(=O)N3CCCC3)c2)c1. The Morgan fingerprint density at radius 1 is 0.966 bits per heavy atom. The summed E-state index contributed by atoms with van der Waals surface area (Å²) in [7, 11) is -7.65. The number of sulfonamides is 2. The molecule has 3 rings (SSSR count). The molecule has 1 fully saturated rings. The van der Waals surface area contributed by atoms with Gasteiger partial charge < -0.3 is 0 Å². The van der Waals surface area contributed by atoms with Crippen LogP contribution in [-0.4, -0.2) is 40.1 Å². The van der Waals surface area contributed by atoms with E-state index >= 15 is 0 Å². The molecule has 0 aliphatic carbocycles. The summed E-state index contributed by atoms with van der Waals surface area (Å²) >= 11 is 0. The van der Waals surface area contributed by atoms with Gasteiger partial charge in [0, 0.05) is 18.7 Å². The Bertz CT molecular complexity index is 1140. The quantitative estimate of drug-likeness (QED) is 0.668. The number of benzene rings is 2. The summed E-state index contributed by atoms with van der Waals surface area (Å²) in [5.74, 6) is -0.752. The molecule has 2 aromatic rings. The first-order valence-electron chi connectivity index (χ1n) is 9.11. The lowest BCUT2D eigenvalue weighted by Gasteiger charge is -2.16. The Kier molecular flexibility index (Phi) is 6.08. The summed E-state index contributed by atoms with van der Waals surface area (Å²) in [6, 6.07) is 10.5. The molecule has 2 aromatic carbocycles. The highest BCUT2D eigenvalue weighted by molar-refractivity contribution is 7.89. The normalized spacial score (nSPS) is 15.4. The Balaban J connectivity index is 1.77. The van der Waals surface area contributed by atoms with E-state index in [1.165, 1.54) is 34.6 Å². The van der Waals surface area contributed by atoms with Crippen molar-refractivity contribution in [1.82, 2.24) is 14.6 Å². The number of carbonyl (C=O) groups is 1. The van der Waals surface area contributed by atoms with Crippen molar-refractivity contribution in [2.24, 2.45) is 0 Å². The van der Waals surface area contributed by atoms with E-state index in [1.54, 1.807) is 26.0 Å². The minimum Gasteiger partial charge on any atom is -0.273 e. The fourth-order valence-corrected chi connectivity index (χ4v) is 5.85. The molecule has 1 heterocycles. The fourth-order valence-electron chi connectivity index (χ4n) is 3.11. The van der Waals surface area contributed by atoms with Crippen LogP contribution < -0.4 is 10.3 Å². The molecule has 0 radical (unpaired) electrons. The molecule has 0 unspecified atom stereocenters. The zero-order chi connectivity index (χ0) is 21.2. The molecule has 1 aliphatic rings. The highest BCUT2D eigenvalue weighted by Gasteiger charge is 2.27. The number of aryl methyl sites for hydroxylation is 2. The molecule has 0 atom stereocenters. The number of nitrogens with one attached hydrogen (secondary N) is 2. The number of rotatable bonds is 6. The molecule has 0 bridgehead atoms. The third-order valence-electron chi connectivity index (χ3n) is 4.73. The molecule has 1 aliphatic heterocycles. The molecular weight excluding hydrogens is 414 g/mol. The highest BCUT2D eigenvalue weighted by Crippen LogP contribution is 2.21. The van der Waals surface area contributed by atoms with Gasteiger partial charge in [0.2, 0.25) is 10.0 Å². The van der Waals surface area contributed by atoms with Gasteiger partial charge in [-0.05, 0) is 62.1 Å². The molecule has 29 heavy (non-hydrogen) atoms. The van der Waals surface area contributed by atoms with Gasteiger partial charge in [-0.2, -0.15) is 4.31 Å². The standard InChI is InChI=1S/C19H23N3O5S2/c1-14-8-9-15(2)18(12-14)28(24,25)21-20-19(23)16-6-5-7-17(13-16)29(26,27)22-10-3-4-11-22/h5-9,12-13,21H,3-4,10-11H2,1-2H3,(H,20,23). The van der Waals surface area contributed by atoms with Gasteiger partial charge in [-0.15, -0.1) is 4.83 Å². The molecule has 156 valence electrons. The van der Waals surface area contributed by atoms with Crippen LogP contribution in [0.1, 0.15) is 34.3 Å². The van der Waals surface area contributed by atoms with Crippen LogP contribution in [0.4, 0.5) is 0 Å². The summed E-state index contributed by atoms with van der Waals surface area (Å²) < 4.78 is 51.7. The van der Waals surface area contributed by atoms with Gasteiger partial charge >= 0.3 is 0 Å². The van der Waals surface area contributed by atoms with E-state index in [1.807, 2.05) is 0 Å². The lowest BCUT2D eigenvalue weighted by molar-refractivity contribution is 0.0945. The molecule has 1 amide bonds. The van der Waals surface area contributed by atoms with Crippen LogP contribution in [-0.2, 0) is 20.0 Å². The van der Waals surface area contributed by atoms with Crippen molar-refractivity contribution < 1.29 is 21.6 Å². The second kappa shape index (κ2) is 8.23. The second-order valence-corrected chi connectivity index (χ2v) is 10.6. The topological polar surface area (TPSA) is 113 Å². The van der Waals surface area contributed by atoms with Crippen molar-refractivity contribution in [3.8, 4) is 0 Å². The molecule has 10 heteroatoms. The minimum atomic E-state index is -3.98. The summed E-state index contributed by atoms with van der Waals surface area (Å²) in [6.45, 7) is 4.33. The van der Waals surface area contributed by atoms with Crippen LogP contribution >= 0.6 is 0 Å². The van der Waals surface area contributed by atoms with Gasteiger partial charge in [-0.25, -0.2) is 16.8 Å². The largest absolute Gasteiger partial charge is 0.273 e.